The van der Waals surface area contributed by atoms with Gasteiger partial charge < -0.3 is 34.3 Å². The van der Waals surface area contributed by atoms with Gasteiger partial charge in [0.25, 0.3) is 0 Å². The maximum absolute atomic E-state index is 12.4. The van der Waals surface area contributed by atoms with Gasteiger partial charge in [0.1, 0.15) is 0 Å². The fourth-order valence-electron chi connectivity index (χ4n) is 3.98. The van der Waals surface area contributed by atoms with E-state index in [0.29, 0.717) is 29.9 Å². The van der Waals surface area contributed by atoms with Crippen molar-refractivity contribution in [1.82, 2.24) is 0 Å². The third-order valence-electron chi connectivity index (χ3n) is 6.01. The normalized spacial score (nSPS) is 10.4. The minimum Gasteiger partial charge on any atom is -0.870 e. The molecule has 18 heteroatoms. The Morgan fingerprint density at radius 1 is 0.688 bits per heavy atom. The third kappa shape index (κ3) is 12.0. The number of aliphatic carboxylic acids is 1. The monoisotopic (exact) mass is 712 g/mol. The van der Waals surface area contributed by atoms with E-state index in [9.17, 15) is 36.7 Å². The molecule has 0 aliphatic rings. The van der Waals surface area contributed by atoms with E-state index in [2.05, 4.69) is 9.47 Å². The first-order chi connectivity index (χ1) is 21.8. The summed E-state index contributed by atoms with van der Waals surface area (Å²) in [5.41, 5.74) is 0. The molecule has 2 aromatic heterocycles. The van der Waals surface area contributed by atoms with Crippen molar-refractivity contribution in [3.8, 4) is 23.0 Å². The summed E-state index contributed by atoms with van der Waals surface area (Å²) in [6.07, 6.45) is -0.330. The van der Waals surface area contributed by atoms with Crippen molar-refractivity contribution in [3.05, 3.63) is 46.2 Å². The van der Waals surface area contributed by atoms with Crippen molar-refractivity contribution in [3.63, 3.8) is 0 Å². The van der Waals surface area contributed by atoms with Crippen LogP contribution in [0.5, 0.6) is 23.0 Å². The molecule has 0 spiro atoms. The molecule has 0 atom stereocenters. The predicted octanol–water partition coefficient (Wildman–Crippen LogP) is 4.42. The molecule has 0 radical (unpaired) electrons. The molecule has 256 valence electrons. The molecule has 0 aliphatic heterocycles. The Bertz CT molecular complexity index is 1710. The van der Waals surface area contributed by atoms with Crippen LogP contribution >= 0.6 is 22.7 Å². The zero-order chi connectivity index (χ0) is 34.0. The van der Waals surface area contributed by atoms with Gasteiger partial charge in [-0.25, -0.2) is 0 Å². The number of fused-ring (bicyclic) bond motifs is 2. The molecule has 11 nitrogen and oxygen atoms in total. The number of esters is 1. The molecule has 0 bridgehead atoms. The summed E-state index contributed by atoms with van der Waals surface area (Å²) in [7, 11) is 2.67. The average molecular weight is 713 g/mol. The SMILES string of the molecule is CCOC(=O)CCC(=O)c1cc2cc(OC)c(OC(F)F)cc2s1.COc1cc2cc(C(=O)CCC(=O)O)sc2cc1OC(F)F.[Li+].[OH-]. The van der Waals surface area contributed by atoms with Crippen LogP contribution in [0.25, 0.3) is 20.2 Å². The molecule has 0 saturated carbocycles. The average Bonchev–Trinajstić information content (AvgIpc) is 3.61. The van der Waals surface area contributed by atoms with Gasteiger partial charge in [-0.05, 0) is 42.0 Å². The van der Waals surface area contributed by atoms with E-state index in [-0.39, 0.29) is 91.2 Å². The molecular formula is C30H29F4LiO11S2. The van der Waals surface area contributed by atoms with Crippen molar-refractivity contribution >= 4 is 66.4 Å². The number of benzene rings is 2. The molecule has 2 N–H and O–H groups in total. The number of carboxylic acid groups (broad SMARTS) is 1. The van der Waals surface area contributed by atoms with Gasteiger partial charge in [0.05, 0.1) is 43.4 Å². The maximum Gasteiger partial charge on any atom is 1.00 e. The standard InChI is InChI=1S/C16H16F2O5S.C14H12F2O5S.Li.H2O/c1-3-22-15(20)5-4-10(19)14-7-9-6-11(21-2)12(23-16(17)18)8-13(9)24-14;1-20-9-4-7-5-12(8(17)2-3-13(18)19)22-11(7)6-10(9)21-14(15)16;;/h6-8,16H,3-5H2,1-2H3;4-6,14H,2-3H2,1H3,(H,18,19);;1H2/q;;+1;/p-1. The summed E-state index contributed by atoms with van der Waals surface area (Å²) in [6, 6.07) is 9.04. The Labute approximate surface area is 291 Å². The molecule has 0 amide bonds. The van der Waals surface area contributed by atoms with E-state index in [1.54, 1.807) is 19.1 Å². The van der Waals surface area contributed by atoms with E-state index in [1.807, 2.05) is 0 Å². The number of thiophene rings is 2. The molecule has 2 aromatic carbocycles. The first-order valence-corrected chi connectivity index (χ1v) is 15.0. The zero-order valence-electron chi connectivity index (χ0n) is 26.1. The number of methoxy groups -OCH3 is 2. The number of alkyl halides is 4. The molecule has 4 rings (SSSR count). The van der Waals surface area contributed by atoms with Crippen LogP contribution in [0.1, 0.15) is 52.0 Å². The van der Waals surface area contributed by atoms with Gasteiger partial charge in [0.15, 0.2) is 34.6 Å². The molecule has 0 unspecified atom stereocenters. The first kappa shape index (κ1) is 42.1. The minimum atomic E-state index is -2.98. The van der Waals surface area contributed by atoms with Crippen LogP contribution in [0.3, 0.4) is 0 Å². The van der Waals surface area contributed by atoms with Crippen molar-refractivity contribution < 1.29 is 89.9 Å². The molecule has 48 heavy (non-hydrogen) atoms. The molecule has 2 heterocycles. The Morgan fingerprint density at radius 3 is 1.46 bits per heavy atom. The van der Waals surface area contributed by atoms with Gasteiger partial charge in [-0.3, -0.25) is 19.2 Å². The van der Waals surface area contributed by atoms with Gasteiger partial charge >= 0.3 is 44.0 Å². The maximum atomic E-state index is 12.4. The fraction of sp³-hybridized carbons (Fsp3) is 0.333. The van der Waals surface area contributed by atoms with Crippen molar-refractivity contribution in [2.75, 3.05) is 20.8 Å². The zero-order valence-corrected chi connectivity index (χ0v) is 27.7. The molecule has 4 aromatic rings. The second-order valence-corrected chi connectivity index (χ2v) is 11.3. The van der Waals surface area contributed by atoms with E-state index < -0.39 is 25.2 Å². The second kappa shape index (κ2) is 19.8. The molecular weight excluding hydrogens is 683 g/mol. The summed E-state index contributed by atoms with van der Waals surface area (Å²) in [5.74, 6) is -1.91. The molecule has 0 saturated heterocycles. The number of carbonyl (C=O) groups excluding carboxylic acids is 3. The number of carbonyl (C=O) groups is 4. The van der Waals surface area contributed by atoms with Gasteiger partial charge in [-0.2, -0.15) is 17.6 Å². The number of rotatable bonds is 15. The Balaban J connectivity index is 0.000000462. The second-order valence-electron chi connectivity index (χ2n) is 9.11. The number of ether oxygens (including phenoxy) is 5. The van der Waals surface area contributed by atoms with Gasteiger partial charge in [-0.1, -0.05) is 0 Å². The van der Waals surface area contributed by atoms with Crippen molar-refractivity contribution in [2.45, 2.75) is 45.8 Å². The van der Waals surface area contributed by atoms with Crippen LogP contribution in [0.15, 0.2) is 36.4 Å². The first-order valence-electron chi connectivity index (χ1n) is 13.4. The summed E-state index contributed by atoms with van der Waals surface area (Å²) in [5, 5.41) is 9.90. The smallest absolute Gasteiger partial charge is 0.870 e. The van der Waals surface area contributed by atoms with Crippen LogP contribution in [-0.2, 0) is 14.3 Å². The Hall–Kier alpha value is -3.88. The third-order valence-corrected chi connectivity index (χ3v) is 8.29. The Morgan fingerprint density at radius 2 is 1.10 bits per heavy atom. The number of hydrogen-bond acceptors (Lipinski definition) is 12. The van der Waals surface area contributed by atoms with E-state index in [4.69, 9.17) is 19.3 Å². The van der Waals surface area contributed by atoms with Crippen molar-refractivity contribution in [1.29, 1.82) is 0 Å². The van der Waals surface area contributed by atoms with Gasteiger partial charge in [0, 0.05) is 34.4 Å². The summed E-state index contributed by atoms with van der Waals surface area (Å²) < 4.78 is 74.4. The summed E-state index contributed by atoms with van der Waals surface area (Å²) in [6.45, 7) is -3.99. The Kier molecular flexibility index (Phi) is 17.4. The topological polar surface area (TPSA) is 165 Å². The van der Waals surface area contributed by atoms with Crippen LogP contribution < -0.4 is 37.8 Å². The number of hydrogen-bond donors (Lipinski definition) is 1. The van der Waals surface area contributed by atoms with Crippen LogP contribution in [0.2, 0.25) is 0 Å². The van der Waals surface area contributed by atoms with E-state index in [0.717, 1.165) is 22.7 Å². The quantitative estimate of drug-likeness (QED) is 0.0803. The number of Topliss-reactive ketones (excluding diaryl/α,β-unsaturated/α-hetero) is 2. The minimum absolute atomic E-state index is 0. The number of carboxylic acids is 1. The predicted molar refractivity (Wildman–Crippen MR) is 163 cm³/mol. The van der Waals surface area contributed by atoms with E-state index >= 15 is 0 Å². The number of ketones is 2. The van der Waals surface area contributed by atoms with E-state index in [1.165, 1.54) is 38.5 Å². The fourth-order valence-corrected chi connectivity index (χ4v) is 6.06. The van der Waals surface area contributed by atoms with Crippen LogP contribution in [0.4, 0.5) is 17.6 Å². The molecule has 0 aliphatic carbocycles. The summed E-state index contributed by atoms with van der Waals surface area (Å²) >= 11 is 2.24. The van der Waals surface area contributed by atoms with Crippen molar-refractivity contribution in [2.24, 2.45) is 0 Å². The largest absolute Gasteiger partial charge is 1.00 e. The molecule has 0 fully saturated rings. The van der Waals surface area contributed by atoms with Crippen LogP contribution in [0, 0.1) is 0 Å². The number of halogens is 4. The van der Waals surface area contributed by atoms with Crippen LogP contribution in [-0.4, -0.2) is 68.1 Å². The van der Waals surface area contributed by atoms with Gasteiger partial charge in [-0.15, -0.1) is 22.7 Å². The van der Waals surface area contributed by atoms with Gasteiger partial charge in [0.2, 0.25) is 0 Å². The summed E-state index contributed by atoms with van der Waals surface area (Å²) in [4.78, 5) is 46.7.